The van der Waals surface area contributed by atoms with Crippen LogP contribution in [0.1, 0.15) is 31.8 Å². The molecule has 1 aliphatic heterocycles. The molecule has 130 valence electrons. The van der Waals surface area contributed by atoms with E-state index in [-0.39, 0.29) is 16.6 Å². The van der Waals surface area contributed by atoms with Gasteiger partial charge in [-0.25, -0.2) is 9.37 Å². The van der Waals surface area contributed by atoms with E-state index in [4.69, 9.17) is 16.3 Å². The summed E-state index contributed by atoms with van der Waals surface area (Å²) >= 11 is 6.01. The molecule has 0 radical (unpaired) electrons. The zero-order valence-electron chi connectivity index (χ0n) is 13.7. The van der Waals surface area contributed by atoms with Crippen LogP contribution in [0.3, 0.4) is 0 Å². The van der Waals surface area contributed by atoms with Crippen molar-refractivity contribution in [3.8, 4) is 5.75 Å². The SMILES string of the molecule is COc1cc(N2C(=O)C3=C(CCCC3)C2n2ccnc2)c(F)cc1Cl. The lowest BCUT2D eigenvalue weighted by Crippen LogP contribution is -2.33. The highest BCUT2D eigenvalue weighted by Crippen LogP contribution is 2.46. The third-order valence-electron chi connectivity index (χ3n) is 4.83. The minimum atomic E-state index is -0.552. The minimum Gasteiger partial charge on any atom is -0.495 e. The van der Waals surface area contributed by atoms with E-state index < -0.39 is 12.0 Å². The lowest BCUT2D eigenvalue weighted by atomic mass is 9.92. The molecule has 4 rings (SSSR count). The minimum absolute atomic E-state index is 0.156. The Morgan fingerprint density at radius 3 is 2.84 bits per heavy atom. The van der Waals surface area contributed by atoms with E-state index in [1.807, 2.05) is 4.57 Å². The molecule has 0 saturated heterocycles. The maximum atomic E-state index is 14.7. The fourth-order valence-electron chi connectivity index (χ4n) is 3.70. The van der Waals surface area contributed by atoms with Crippen molar-refractivity contribution in [3.05, 3.63) is 52.8 Å². The zero-order valence-corrected chi connectivity index (χ0v) is 14.5. The summed E-state index contributed by atoms with van der Waals surface area (Å²) in [6, 6.07) is 2.67. The fraction of sp³-hybridized carbons (Fsp3) is 0.333. The molecule has 25 heavy (non-hydrogen) atoms. The Labute approximate surface area is 149 Å². The van der Waals surface area contributed by atoms with Gasteiger partial charge < -0.3 is 9.30 Å². The first-order valence-corrected chi connectivity index (χ1v) is 8.55. The predicted octanol–water partition coefficient (Wildman–Crippen LogP) is 4.10. The number of nitrogens with zero attached hydrogens (tertiary/aromatic N) is 3. The summed E-state index contributed by atoms with van der Waals surface area (Å²) < 4.78 is 21.8. The van der Waals surface area contributed by atoms with Gasteiger partial charge in [0, 0.05) is 24.0 Å². The van der Waals surface area contributed by atoms with Crippen molar-refractivity contribution in [2.75, 3.05) is 12.0 Å². The van der Waals surface area contributed by atoms with Crippen LogP contribution in [0, 0.1) is 5.82 Å². The molecule has 1 aromatic heterocycles. The highest BCUT2D eigenvalue weighted by molar-refractivity contribution is 6.32. The van der Waals surface area contributed by atoms with Crippen molar-refractivity contribution in [2.45, 2.75) is 31.8 Å². The standard InChI is InChI=1S/C18H17ClFN3O2/c1-25-16-9-15(14(20)8-13(16)19)23-17(22-7-6-21-10-22)11-4-2-3-5-12(11)18(23)24/h6-10,17H,2-5H2,1H3. The number of anilines is 1. The Morgan fingerprint density at radius 1 is 1.32 bits per heavy atom. The predicted molar refractivity (Wildman–Crippen MR) is 92.2 cm³/mol. The number of imidazole rings is 1. The Balaban J connectivity index is 1.87. The molecule has 7 heteroatoms. The largest absolute Gasteiger partial charge is 0.495 e. The summed E-state index contributed by atoms with van der Waals surface area (Å²) in [6.07, 6.45) is 8.25. The number of methoxy groups -OCH3 is 1. The first-order valence-electron chi connectivity index (χ1n) is 8.17. The highest BCUT2D eigenvalue weighted by atomic mass is 35.5. The number of carbonyl (C=O) groups is 1. The third-order valence-corrected chi connectivity index (χ3v) is 5.13. The second-order valence-corrected chi connectivity index (χ2v) is 6.61. The number of amides is 1. The first kappa shape index (κ1) is 16.1. The van der Waals surface area contributed by atoms with Crippen LogP contribution in [0.2, 0.25) is 5.02 Å². The number of rotatable bonds is 3. The lowest BCUT2D eigenvalue weighted by Gasteiger charge is -2.29. The van der Waals surface area contributed by atoms with Crippen LogP contribution in [0.4, 0.5) is 10.1 Å². The summed E-state index contributed by atoms with van der Waals surface area (Å²) in [6.45, 7) is 0. The number of carbonyl (C=O) groups excluding carboxylic acids is 1. The van der Waals surface area contributed by atoms with Crippen molar-refractivity contribution in [2.24, 2.45) is 0 Å². The number of aromatic nitrogens is 2. The average molecular weight is 362 g/mol. The number of hydrogen-bond donors (Lipinski definition) is 0. The average Bonchev–Trinajstić information content (AvgIpc) is 3.22. The normalized spacial score (nSPS) is 20.2. The molecule has 0 spiro atoms. The van der Waals surface area contributed by atoms with E-state index in [9.17, 15) is 9.18 Å². The van der Waals surface area contributed by atoms with Gasteiger partial charge in [-0.2, -0.15) is 0 Å². The smallest absolute Gasteiger partial charge is 0.256 e. The summed E-state index contributed by atoms with van der Waals surface area (Å²) in [5.74, 6) is -0.374. The Bertz CT molecular complexity index is 863. The fourth-order valence-corrected chi connectivity index (χ4v) is 3.93. The van der Waals surface area contributed by atoms with Crippen LogP contribution in [0.5, 0.6) is 5.75 Å². The molecule has 5 nitrogen and oxygen atoms in total. The van der Waals surface area contributed by atoms with Crippen LogP contribution in [0.25, 0.3) is 0 Å². The molecule has 1 amide bonds. The van der Waals surface area contributed by atoms with E-state index >= 15 is 0 Å². The maximum absolute atomic E-state index is 14.7. The van der Waals surface area contributed by atoms with Crippen LogP contribution in [0.15, 0.2) is 42.0 Å². The molecular weight excluding hydrogens is 345 g/mol. The monoisotopic (exact) mass is 361 g/mol. The molecule has 0 bridgehead atoms. The number of ether oxygens (including phenoxy) is 1. The molecule has 1 aliphatic carbocycles. The van der Waals surface area contributed by atoms with Gasteiger partial charge in [0.15, 0.2) is 0 Å². The van der Waals surface area contributed by atoms with Gasteiger partial charge in [0.05, 0.1) is 24.1 Å². The molecule has 1 aromatic carbocycles. The van der Waals surface area contributed by atoms with Crippen molar-refractivity contribution in [1.82, 2.24) is 9.55 Å². The molecule has 0 saturated carbocycles. The Hall–Kier alpha value is -2.34. The van der Waals surface area contributed by atoms with E-state index in [1.54, 1.807) is 18.7 Å². The zero-order chi connectivity index (χ0) is 17.6. The Kier molecular flexibility index (Phi) is 4.00. The Morgan fingerprint density at radius 2 is 2.12 bits per heavy atom. The topological polar surface area (TPSA) is 47.4 Å². The molecule has 0 N–H and O–H groups in total. The molecular formula is C18H17ClFN3O2. The number of halogens is 2. The van der Waals surface area contributed by atoms with Crippen LogP contribution < -0.4 is 9.64 Å². The summed E-state index contributed by atoms with van der Waals surface area (Å²) in [4.78, 5) is 18.7. The molecule has 2 heterocycles. The van der Waals surface area contributed by atoms with Gasteiger partial charge >= 0.3 is 0 Å². The van der Waals surface area contributed by atoms with E-state index in [0.29, 0.717) is 5.75 Å². The van der Waals surface area contributed by atoms with Crippen LogP contribution >= 0.6 is 11.6 Å². The summed E-state index contributed by atoms with van der Waals surface area (Å²) in [5.41, 5.74) is 2.00. The van der Waals surface area contributed by atoms with E-state index in [0.717, 1.165) is 36.8 Å². The van der Waals surface area contributed by atoms with Crippen molar-refractivity contribution < 1.29 is 13.9 Å². The molecule has 1 atom stereocenters. The molecule has 0 fully saturated rings. The van der Waals surface area contributed by atoms with Gasteiger partial charge in [0.1, 0.15) is 17.7 Å². The van der Waals surface area contributed by atoms with Crippen LogP contribution in [-0.4, -0.2) is 22.6 Å². The quantitative estimate of drug-likeness (QED) is 0.826. The van der Waals surface area contributed by atoms with Crippen LogP contribution in [-0.2, 0) is 4.79 Å². The number of hydrogen-bond acceptors (Lipinski definition) is 3. The highest BCUT2D eigenvalue weighted by Gasteiger charge is 2.42. The van der Waals surface area contributed by atoms with E-state index in [2.05, 4.69) is 4.98 Å². The first-order chi connectivity index (χ1) is 12.1. The third kappa shape index (κ3) is 2.52. The van der Waals surface area contributed by atoms with Gasteiger partial charge in [-0.05, 0) is 37.3 Å². The van der Waals surface area contributed by atoms with Crippen molar-refractivity contribution in [1.29, 1.82) is 0 Å². The van der Waals surface area contributed by atoms with Gasteiger partial charge in [0.25, 0.3) is 5.91 Å². The summed E-state index contributed by atoms with van der Waals surface area (Å²) in [5, 5.41) is 0.173. The molecule has 2 aliphatic rings. The molecule has 1 unspecified atom stereocenters. The second-order valence-electron chi connectivity index (χ2n) is 6.21. The summed E-state index contributed by atoms with van der Waals surface area (Å²) in [7, 11) is 1.46. The van der Waals surface area contributed by atoms with Gasteiger partial charge in [-0.15, -0.1) is 0 Å². The van der Waals surface area contributed by atoms with Crippen molar-refractivity contribution in [3.63, 3.8) is 0 Å². The molecule has 2 aromatic rings. The lowest BCUT2D eigenvalue weighted by molar-refractivity contribution is -0.115. The van der Waals surface area contributed by atoms with E-state index in [1.165, 1.54) is 24.1 Å². The number of benzene rings is 1. The maximum Gasteiger partial charge on any atom is 0.256 e. The van der Waals surface area contributed by atoms with Gasteiger partial charge in [-0.3, -0.25) is 9.69 Å². The van der Waals surface area contributed by atoms with Gasteiger partial charge in [0.2, 0.25) is 0 Å². The van der Waals surface area contributed by atoms with Gasteiger partial charge in [-0.1, -0.05) is 11.6 Å². The van der Waals surface area contributed by atoms with Crippen molar-refractivity contribution >= 4 is 23.2 Å². The second kappa shape index (κ2) is 6.19.